The van der Waals surface area contributed by atoms with Crippen molar-refractivity contribution in [3.8, 4) is 0 Å². The van der Waals surface area contributed by atoms with Crippen molar-refractivity contribution < 1.29 is 4.79 Å². The second kappa shape index (κ2) is 7.35. The Morgan fingerprint density at radius 1 is 1.50 bits per heavy atom. The van der Waals surface area contributed by atoms with Gasteiger partial charge in [-0.2, -0.15) is 0 Å². The number of carbonyl (C=O) groups is 1. The lowest BCUT2D eigenvalue weighted by molar-refractivity contribution is -0.123. The maximum absolute atomic E-state index is 11.2. The van der Waals surface area contributed by atoms with Gasteiger partial charge >= 0.3 is 0 Å². The summed E-state index contributed by atoms with van der Waals surface area (Å²) in [7, 11) is 0. The van der Waals surface area contributed by atoms with Gasteiger partial charge in [-0.1, -0.05) is 13.8 Å². The van der Waals surface area contributed by atoms with Gasteiger partial charge in [-0.15, -0.1) is 11.3 Å². The van der Waals surface area contributed by atoms with Crippen molar-refractivity contribution in [1.29, 1.82) is 0 Å². The van der Waals surface area contributed by atoms with E-state index in [1.807, 2.05) is 25.6 Å². The maximum atomic E-state index is 11.2. The van der Waals surface area contributed by atoms with Crippen molar-refractivity contribution in [3.63, 3.8) is 0 Å². The van der Waals surface area contributed by atoms with Crippen molar-refractivity contribution >= 4 is 17.2 Å². The van der Waals surface area contributed by atoms with Crippen LogP contribution in [0.25, 0.3) is 0 Å². The highest BCUT2D eigenvalue weighted by atomic mass is 32.1. The van der Waals surface area contributed by atoms with Crippen LogP contribution in [0, 0.1) is 5.92 Å². The van der Waals surface area contributed by atoms with Crippen molar-refractivity contribution in [2.75, 3.05) is 13.1 Å². The molecule has 0 aliphatic heterocycles. The summed E-state index contributed by atoms with van der Waals surface area (Å²) in [6.45, 7) is 6.32. The molecule has 90 valence electrons. The summed E-state index contributed by atoms with van der Waals surface area (Å²) in [4.78, 5) is 16.5. The highest BCUT2D eigenvalue weighted by Gasteiger charge is 2.04. The number of carbonyl (C=O) groups excluding carboxylic acids is 1. The lowest BCUT2D eigenvalue weighted by Crippen LogP contribution is -2.30. The summed E-state index contributed by atoms with van der Waals surface area (Å²) in [5, 5.41) is 6.20. The number of nitrogens with one attached hydrogen (secondary N) is 2. The van der Waals surface area contributed by atoms with Gasteiger partial charge in [0.1, 0.15) is 0 Å². The predicted octanol–water partition coefficient (Wildman–Crippen LogP) is 1.39. The average Bonchev–Trinajstić information content (AvgIpc) is 2.75. The fourth-order valence-corrected chi connectivity index (χ4v) is 1.73. The van der Waals surface area contributed by atoms with E-state index in [0.29, 0.717) is 0 Å². The van der Waals surface area contributed by atoms with E-state index in [9.17, 15) is 4.79 Å². The molecule has 0 aromatic carbocycles. The van der Waals surface area contributed by atoms with Crippen molar-refractivity contribution in [2.45, 2.75) is 26.8 Å². The van der Waals surface area contributed by atoms with Crippen LogP contribution in [0.1, 0.15) is 25.1 Å². The van der Waals surface area contributed by atoms with Crippen LogP contribution in [0.5, 0.6) is 0 Å². The van der Waals surface area contributed by atoms with E-state index >= 15 is 0 Å². The number of rotatable bonds is 7. The van der Waals surface area contributed by atoms with Crippen LogP contribution in [-0.4, -0.2) is 24.0 Å². The Morgan fingerprint density at radius 3 is 2.94 bits per heavy atom. The molecule has 0 atom stereocenters. The molecule has 1 amide bonds. The predicted molar refractivity (Wildman–Crippen MR) is 66.3 cm³/mol. The Labute approximate surface area is 100 Å². The minimum atomic E-state index is 0.0742. The highest BCUT2D eigenvalue weighted by Crippen LogP contribution is 2.03. The van der Waals surface area contributed by atoms with Gasteiger partial charge in [0.25, 0.3) is 0 Å². The zero-order valence-corrected chi connectivity index (χ0v) is 10.6. The van der Waals surface area contributed by atoms with Gasteiger partial charge in [-0.05, 0) is 13.0 Å². The molecule has 5 heteroatoms. The summed E-state index contributed by atoms with van der Waals surface area (Å²) in [6, 6.07) is 0. The highest BCUT2D eigenvalue weighted by molar-refractivity contribution is 7.09. The molecule has 1 rings (SSSR count). The first kappa shape index (κ1) is 13.1. The number of hydrogen-bond donors (Lipinski definition) is 2. The summed E-state index contributed by atoms with van der Waals surface area (Å²) >= 11 is 1.65. The molecule has 0 bridgehead atoms. The standard InChI is InChI=1S/C11H19N3OS/c1-9(2)11(15)14-5-3-4-12-6-10-7-13-8-16-10/h7-9,12H,3-6H2,1-2H3,(H,14,15). The van der Waals surface area contributed by atoms with Gasteiger partial charge in [-0.25, -0.2) is 0 Å². The Balaban J connectivity index is 1.94. The van der Waals surface area contributed by atoms with E-state index < -0.39 is 0 Å². The second-order valence-corrected chi connectivity index (χ2v) is 4.91. The fourth-order valence-electron chi connectivity index (χ4n) is 1.17. The molecule has 16 heavy (non-hydrogen) atoms. The van der Waals surface area contributed by atoms with E-state index in [-0.39, 0.29) is 11.8 Å². The zero-order chi connectivity index (χ0) is 11.8. The van der Waals surface area contributed by atoms with Gasteiger partial charge in [0, 0.05) is 30.1 Å². The molecule has 0 spiro atoms. The largest absolute Gasteiger partial charge is 0.356 e. The molecule has 0 radical (unpaired) electrons. The molecular formula is C11H19N3OS. The van der Waals surface area contributed by atoms with Crippen molar-refractivity contribution in [1.82, 2.24) is 15.6 Å². The van der Waals surface area contributed by atoms with Crippen LogP contribution in [0.15, 0.2) is 11.7 Å². The van der Waals surface area contributed by atoms with E-state index in [2.05, 4.69) is 15.6 Å². The lowest BCUT2D eigenvalue weighted by atomic mass is 10.2. The van der Waals surface area contributed by atoms with Gasteiger partial charge in [-0.3, -0.25) is 9.78 Å². The quantitative estimate of drug-likeness (QED) is 0.709. The molecule has 1 heterocycles. The Hall–Kier alpha value is -0.940. The molecule has 0 saturated carbocycles. The smallest absolute Gasteiger partial charge is 0.222 e. The van der Waals surface area contributed by atoms with Gasteiger partial charge in [0.15, 0.2) is 0 Å². The number of amides is 1. The van der Waals surface area contributed by atoms with E-state index in [1.165, 1.54) is 4.88 Å². The molecule has 0 fully saturated rings. The van der Waals surface area contributed by atoms with E-state index in [1.54, 1.807) is 11.3 Å². The third-order valence-corrected chi connectivity index (χ3v) is 2.92. The van der Waals surface area contributed by atoms with Crippen molar-refractivity contribution in [3.05, 3.63) is 16.6 Å². The SMILES string of the molecule is CC(C)C(=O)NCCCNCc1cncs1. The van der Waals surface area contributed by atoms with Gasteiger partial charge in [0.05, 0.1) is 5.51 Å². The minimum Gasteiger partial charge on any atom is -0.356 e. The van der Waals surface area contributed by atoms with Crippen LogP contribution in [0.2, 0.25) is 0 Å². The normalized spacial score (nSPS) is 10.7. The van der Waals surface area contributed by atoms with E-state index in [0.717, 1.165) is 26.1 Å². The van der Waals surface area contributed by atoms with Gasteiger partial charge < -0.3 is 10.6 Å². The van der Waals surface area contributed by atoms with Crippen LogP contribution in [0.4, 0.5) is 0 Å². The van der Waals surface area contributed by atoms with Crippen LogP contribution in [-0.2, 0) is 11.3 Å². The first-order chi connectivity index (χ1) is 7.70. The first-order valence-corrected chi connectivity index (χ1v) is 6.44. The molecule has 2 N–H and O–H groups in total. The van der Waals surface area contributed by atoms with Gasteiger partial charge in [0.2, 0.25) is 5.91 Å². The van der Waals surface area contributed by atoms with Crippen LogP contribution in [0.3, 0.4) is 0 Å². The number of aromatic nitrogens is 1. The molecular weight excluding hydrogens is 222 g/mol. The fraction of sp³-hybridized carbons (Fsp3) is 0.636. The third-order valence-electron chi connectivity index (χ3n) is 2.14. The van der Waals surface area contributed by atoms with Crippen LogP contribution >= 0.6 is 11.3 Å². The number of hydrogen-bond acceptors (Lipinski definition) is 4. The lowest BCUT2D eigenvalue weighted by Gasteiger charge is -2.07. The Morgan fingerprint density at radius 2 is 2.31 bits per heavy atom. The molecule has 0 aliphatic rings. The first-order valence-electron chi connectivity index (χ1n) is 5.56. The summed E-state index contributed by atoms with van der Waals surface area (Å²) in [6.07, 6.45) is 2.83. The molecule has 1 aromatic heterocycles. The molecule has 0 saturated heterocycles. The number of nitrogens with zero attached hydrogens (tertiary/aromatic N) is 1. The van der Waals surface area contributed by atoms with Crippen LogP contribution < -0.4 is 10.6 Å². The zero-order valence-electron chi connectivity index (χ0n) is 9.82. The monoisotopic (exact) mass is 241 g/mol. The molecule has 4 nitrogen and oxygen atoms in total. The average molecular weight is 241 g/mol. The Kier molecular flexibility index (Phi) is 6.03. The topological polar surface area (TPSA) is 54.0 Å². The molecule has 0 aliphatic carbocycles. The Bertz CT molecular complexity index is 298. The minimum absolute atomic E-state index is 0.0742. The number of thiazole rings is 1. The van der Waals surface area contributed by atoms with E-state index in [4.69, 9.17) is 0 Å². The summed E-state index contributed by atoms with van der Waals surface area (Å²) < 4.78 is 0. The second-order valence-electron chi connectivity index (χ2n) is 3.94. The summed E-state index contributed by atoms with van der Waals surface area (Å²) in [5.41, 5.74) is 1.83. The van der Waals surface area contributed by atoms with Crippen molar-refractivity contribution in [2.24, 2.45) is 5.92 Å². The maximum Gasteiger partial charge on any atom is 0.222 e. The molecule has 0 unspecified atom stereocenters. The molecule has 1 aromatic rings. The third kappa shape index (κ3) is 5.23. The summed E-state index contributed by atoms with van der Waals surface area (Å²) in [5.74, 6) is 0.201.